The van der Waals surface area contributed by atoms with Gasteiger partial charge in [-0.05, 0) is 17.7 Å². The first-order valence-corrected chi connectivity index (χ1v) is 9.95. The number of nitrogens with two attached hydrogens (primary N) is 1. The Balaban J connectivity index is 1.50. The monoisotopic (exact) mass is 390 g/mol. The molecule has 29 heavy (non-hydrogen) atoms. The zero-order valence-corrected chi connectivity index (χ0v) is 16.4. The van der Waals surface area contributed by atoms with Gasteiger partial charge in [0.25, 0.3) is 0 Å². The van der Waals surface area contributed by atoms with Crippen LogP contribution in [0.2, 0.25) is 0 Å². The average Bonchev–Trinajstić information content (AvgIpc) is 2.79. The number of anilines is 1. The van der Waals surface area contributed by atoms with E-state index in [4.69, 9.17) is 10.5 Å². The summed E-state index contributed by atoms with van der Waals surface area (Å²) in [5, 5.41) is 2.28. The van der Waals surface area contributed by atoms with Gasteiger partial charge in [-0.15, -0.1) is 0 Å². The number of nitrogens with zero attached hydrogens (tertiary/aromatic N) is 3. The van der Waals surface area contributed by atoms with Crippen LogP contribution in [0.3, 0.4) is 0 Å². The highest BCUT2D eigenvalue weighted by Gasteiger charge is 2.30. The van der Waals surface area contributed by atoms with Gasteiger partial charge in [0.15, 0.2) is 0 Å². The predicted octanol–water partition coefficient (Wildman–Crippen LogP) is 2.43. The zero-order valence-electron chi connectivity index (χ0n) is 16.4. The molecule has 2 aromatic carbocycles. The Hall–Kier alpha value is -2.96. The molecule has 2 N–H and O–H groups in total. The van der Waals surface area contributed by atoms with Crippen LogP contribution in [-0.2, 0) is 16.1 Å². The first-order valence-electron chi connectivity index (χ1n) is 9.95. The molecule has 150 valence electrons. The lowest BCUT2D eigenvalue weighted by molar-refractivity contribution is -0.134. The number of fused-ring (bicyclic) bond motifs is 1. The molecule has 1 aliphatic rings. The van der Waals surface area contributed by atoms with Gasteiger partial charge in [-0.25, -0.2) is 0 Å². The number of rotatable bonds is 6. The fourth-order valence-electron chi connectivity index (χ4n) is 3.93. The summed E-state index contributed by atoms with van der Waals surface area (Å²) in [6, 6.07) is 18.3. The van der Waals surface area contributed by atoms with E-state index in [9.17, 15) is 4.79 Å². The lowest BCUT2D eigenvalue weighted by Crippen LogP contribution is -2.58. The van der Waals surface area contributed by atoms with Crippen LogP contribution in [0.4, 0.5) is 5.69 Å². The molecule has 1 aliphatic heterocycles. The van der Waals surface area contributed by atoms with Gasteiger partial charge in [-0.2, -0.15) is 0 Å². The number of aromatic nitrogens is 1. The van der Waals surface area contributed by atoms with Crippen molar-refractivity contribution < 1.29 is 9.53 Å². The Morgan fingerprint density at radius 2 is 1.97 bits per heavy atom. The Morgan fingerprint density at radius 3 is 2.79 bits per heavy atom. The van der Waals surface area contributed by atoms with E-state index in [2.05, 4.69) is 28.1 Å². The molecule has 0 saturated carbocycles. The van der Waals surface area contributed by atoms with Crippen molar-refractivity contribution in [3.8, 4) is 0 Å². The fraction of sp³-hybridized carbons (Fsp3) is 0.304. The molecule has 6 heteroatoms. The molecule has 1 aromatic heterocycles. The molecule has 0 bridgehead atoms. The Bertz CT molecular complexity index is 958. The van der Waals surface area contributed by atoms with Crippen molar-refractivity contribution in [1.82, 2.24) is 9.88 Å². The molecule has 4 rings (SSSR count). The normalized spacial score (nSPS) is 16.9. The largest absolute Gasteiger partial charge is 0.375 e. The van der Waals surface area contributed by atoms with E-state index < -0.39 is 0 Å². The smallest absolute Gasteiger partial charge is 0.236 e. The summed E-state index contributed by atoms with van der Waals surface area (Å²) in [7, 11) is 0. The number of amides is 1. The molecule has 6 nitrogen and oxygen atoms in total. The quantitative estimate of drug-likeness (QED) is 0.700. The van der Waals surface area contributed by atoms with Crippen molar-refractivity contribution >= 4 is 22.4 Å². The Kier molecular flexibility index (Phi) is 6.03. The van der Waals surface area contributed by atoms with Gasteiger partial charge in [0.1, 0.15) is 0 Å². The molecule has 1 atom stereocenters. The van der Waals surface area contributed by atoms with Gasteiger partial charge < -0.3 is 20.3 Å². The summed E-state index contributed by atoms with van der Waals surface area (Å²) >= 11 is 0. The number of hydrogen-bond acceptors (Lipinski definition) is 5. The number of piperazine rings is 1. The lowest BCUT2D eigenvalue weighted by atomic mass is 10.1. The van der Waals surface area contributed by atoms with Crippen molar-refractivity contribution in [3.05, 3.63) is 72.6 Å². The number of hydrogen-bond donors (Lipinski definition) is 1. The van der Waals surface area contributed by atoms with Gasteiger partial charge in [0.05, 0.1) is 25.8 Å². The van der Waals surface area contributed by atoms with Gasteiger partial charge in [-0.3, -0.25) is 9.78 Å². The lowest BCUT2D eigenvalue weighted by Gasteiger charge is -2.42. The standard InChI is InChI=1S/C23H26N4O2/c24-13-23(28)27-12-11-26(22-8-4-7-19-14-25-10-9-21(19)22)15-20(27)17-29-16-18-5-2-1-3-6-18/h1-10,14,20H,11-13,15-17,24H2. The van der Waals surface area contributed by atoms with Crippen LogP contribution >= 0.6 is 0 Å². The molecule has 0 spiro atoms. The summed E-state index contributed by atoms with van der Waals surface area (Å²) in [6.45, 7) is 3.14. The molecule has 0 radical (unpaired) electrons. The number of pyridine rings is 1. The van der Waals surface area contributed by atoms with E-state index >= 15 is 0 Å². The molecule has 1 fully saturated rings. The van der Waals surface area contributed by atoms with Gasteiger partial charge in [-0.1, -0.05) is 42.5 Å². The molecule has 1 unspecified atom stereocenters. The van der Waals surface area contributed by atoms with Gasteiger partial charge in [0.2, 0.25) is 5.91 Å². The van der Waals surface area contributed by atoms with Gasteiger partial charge in [0, 0.05) is 48.5 Å². The summed E-state index contributed by atoms with van der Waals surface area (Å²) in [4.78, 5) is 20.8. The van der Waals surface area contributed by atoms with E-state index in [0.29, 0.717) is 26.3 Å². The molecule has 1 saturated heterocycles. The maximum atomic E-state index is 12.4. The van der Waals surface area contributed by atoms with Crippen LogP contribution in [0.25, 0.3) is 10.8 Å². The molecule has 2 heterocycles. The average molecular weight is 390 g/mol. The van der Waals surface area contributed by atoms with Gasteiger partial charge >= 0.3 is 0 Å². The van der Waals surface area contributed by atoms with Crippen LogP contribution in [0, 0.1) is 0 Å². The second-order valence-electron chi connectivity index (χ2n) is 7.27. The molecule has 1 amide bonds. The number of carbonyl (C=O) groups is 1. The minimum Gasteiger partial charge on any atom is -0.375 e. The van der Waals surface area contributed by atoms with E-state index in [0.717, 1.165) is 23.2 Å². The zero-order chi connectivity index (χ0) is 20.1. The molecule has 0 aliphatic carbocycles. The van der Waals surface area contributed by atoms with Crippen molar-refractivity contribution in [1.29, 1.82) is 0 Å². The van der Waals surface area contributed by atoms with Crippen LogP contribution in [0.5, 0.6) is 0 Å². The maximum Gasteiger partial charge on any atom is 0.236 e. The highest BCUT2D eigenvalue weighted by Crippen LogP contribution is 2.28. The Labute approximate surface area is 170 Å². The minimum absolute atomic E-state index is 0.0229. The fourth-order valence-corrected chi connectivity index (χ4v) is 3.93. The van der Waals surface area contributed by atoms with Crippen LogP contribution < -0.4 is 10.6 Å². The Morgan fingerprint density at radius 1 is 1.10 bits per heavy atom. The first-order chi connectivity index (χ1) is 14.3. The summed E-state index contributed by atoms with van der Waals surface area (Å²) in [6.07, 6.45) is 3.70. The highest BCUT2D eigenvalue weighted by molar-refractivity contribution is 5.93. The van der Waals surface area contributed by atoms with Crippen LogP contribution in [-0.4, -0.2) is 54.6 Å². The van der Waals surface area contributed by atoms with E-state index in [1.165, 1.54) is 5.39 Å². The summed E-state index contributed by atoms with van der Waals surface area (Å²) < 4.78 is 5.98. The molecular weight excluding hydrogens is 364 g/mol. The van der Waals surface area contributed by atoms with E-state index in [1.54, 1.807) is 0 Å². The third-order valence-electron chi connectivity index (χ3n) is 5.40. The summed E-state index contributed by atoms with van der Waals surface area (Å²) in [5.74, 6) is -0.0277. The number of carbonyl (C=O) groups excluding carboxylic acids is 1. The topological polar surface area (TPSA) is 71.7 Å². The molecule has 3 aromatic rings. The second kappa shape index (κ2) is 9.03. The van der Waals surface area contributed by atoms with Crippen molar-refractivity contribution in [2.75, 3.05) is 37.7 Å². The SMILES string of the molecule is NCC(=O)N1CCN(c2cccc3cnccc23)CC1COCc1ccccc1. The maximum absolute atomic E-state index is 12.4. The van der Waals surface area contributed by atoms with Crippen molar-refractivity contribution in [3.63, 3.8) is 0 Å². The van der Waals surface area contributed by atoms with E-state index in [-0.39, 0.29) is 18.5 Å². The third-order valence-corrected chi connectivity index (χ3v) is 5.40. The second-order valence-corrected chi connectivity index (χ2v) is 7.27. The van der Waals surface area contributed by atoms with Crippen LogP contribution in [0.15, 0.2) is 67.0 Å². The summed E-state index contributed by atoms with van der Waals surface area (Å²) in [5.41, 5.74) is 7.94. The van der Waals surface area contributed by atoms with Crippen LogP contribution in [0.1, 0.15) is 5.56 Å². The highest BCUT2D eigenvalue weighted by atomic mass is 16.5. The molecular formula is C23H26N4O2. The predicted molar refractivity (Wildman–Crippen MR) is 115 cm³/mol. The van der Waals surface area contributed by atoms with E-state index in [1.807, 2.05) is 53.7 Å². The first kappa shape index (κ1) is 19.4. The third kappa shape index (κ3) is 4.39. The minimum atomic E-state index is -0.0411. The van der Waals surface area contributed by atoms with Crippen molar-refractivity contribution in [2.45, 2.75) is 12.6 Å². The van der Waals surface area contributed by atoms with Crippen molar-refractivity contribution in [2.24, 2.45) is 5.73 Å². The number of benzene rings is 2. The number of ether oxygens (including phenoxy) is 1.